The van der Waals surface area contributed by atoms with Gasteiger partial charge in [0, 0.05) is 19.3 Å². The molecule has 0 N–H and O–H groups in total. The molecular weight excluding hydrogens is 757 g/mol. The lowest BCUT2D eigenvalue weighted by Crippen LogP contribution is -2.30. The van der Waals surface area contributed by atoms with Crippen LogP contribution in [0.3, 0.4) is 0 Å². The Morgan fingerprint density at radius 3 is 0.852 bits per heavy atom. The third-order valence-electron chi connectivity index (χ3n) is 13.2. The minimum atomic E-state index is -0.762. The molecule has 0 rings (SSSR count). The van der Waals surface area contributed by atoms with Gasteiger partial charge in [0.25, 0.3) is 0 Å². The standard InChI is InChI=1S/C55H106O6/c1-6-9-10-11-12-13-18-25-30-35-40-45-53(56)59-48-52(61-55(58)47-42-37-32-27-22-21-24-29-34-39-44-51(5)8-3)49-60-54(57)46-41-36-31-26-20-17-15-14-16-19-23-28-33-38-43-50(4)7-2/h50-52H,6-49H2,1-5H3/t50?,51?,52-/m1/s1. The first-order valence-electron chi connectivity index (χ1n) is 27.3. The number of carbonyl (C=O) groups is 3. The molecule has 61 heavy (non-hydrogen) atoms. The zero-order chi connectivity index (χ0) is 44.7. The summed E-state index contributed by atoms with van der Waals surface area (Å²) < 4.78 is 16.8. The quantitative estimate of drug-likeness (QED) is 0.0344. The third kappa shape index (κ3) is 46.2. The molecule has 0 aromatic carbocycles. The Kier molecular flexibility index (Phi) is 46.6. The van der Waals surface area contributed by atoms with Gasteiger partial charge in [0.15, 0.2) is 6.10 Å². The smallest absolute Gasteiger partial charge is 0.306 e. The van der Waals surface area contributed by atoms with E-state index in [-0.39, 0.29) is 31.1 Å². The van der Waals surface area contributed by atoms with Crippen LogP contribution in [0.25, 0.3) is 0 Å². The molecule has 0 aliphatic rings. The molecule has 6 heteroatoms. The molecule has 0 aliphatic carbocycles. The van der Waals surface area contributed by atoms with E-state index in [2.05, 4.69) is 34.6 Å². The van der Waals surface area contributed by atoms with E-state index in [1.807, 2.05) is 0 Å². The minimum absolute atomic E-state index is 0.0633. The normalized spacial score (nSPS) is 12.9. The predicted octanol–water partition coefficient (Wildman–Crippen LogP) is 17.7. The van der Waals surface area contributed by atoms with Crippen molar-refractivity contribution in [2.75, 3.05) is 13.2 Å². The summed E-state index contributed by atoms with van der Waals surface area (Å²) in [6, 6.07) is 0. The summed E-state index contributed by atoms with van der Waals surface area (Å²) in [6.07, 6.45) is 49.3. The Morgan fingerprint density at radius 1 is 0.328 bits per heavy atom. The van der Waals surface area contributed by atoms with E-state index in [1.54, 1.807) is 0 Å². The molecule has 0 heterocycles. The van der Waals surface area contributed by atoms with Crippen molar-refractivity contribution < 1.29 is 28.6 Å². The Hall–Kier alpha value is -1.59. The molecule has 0 saturated carbocycles. The first-order chi connectivity index (χ1) is 29.8. The molecule has 0 fully saturated rings. The Morgan fingerprint density at radius 2 is 0.574 bits per heavy atom. The maximum atomic E-state index is 12.8. The minimum Gasteiger partial charge on any atom is -0.462 e. The van der Waals surface area contributed by atoms with Gasteiger partial charge in [0.2, 0.25) is 0 Å². The summed E-state index contributed by atoms with van der Waals surface area (Å²) in [5.74, 6) is 0.918. The Labute approximate surface area is 380 Å². The fraction of sp³-hybridized carbons (Fsp3) is 0.945. The molecule has 0 aromatic rings. The van der Waals surface area contributed by atoms with E-state index in [0.29, 0.717) is 19.3 Å². The van der Waals surface area contributed by atoms with E-state index in [4.69, 9.17) is 14.2 Å². The third-order valence-corrected chi connectivity index (χ3v) is 13.2. The van der Waals surface area contributed by atoms with Crippen LogP contribution in [-0.2, 0) is 28.6 Å². The molecule has 0 aromatic heterocycles. The maximum Gasteiger partial charge on any atom is 0.306 e. The van der Waals surface area contributed by atoms with Crippen LogP contribution in [0.15, 0.2) is 0 Å². The van der Waals surface area contributed by atoms with Crippen LogP contribution >= 0.6 is 0 Å². The maximum absolute atomic E-state index is 12.8. The molecule has 0 amide bonds. The molecule has 0 bridgehead atoms. The first-order valence-corrected chi connectivity index (χ1v) is 27.3. The fourth-order valence-electron chi connectivity index (χ4n) is 8.28. The highest BCUT2D eigenvalue weighted by Crippen LogP contribution is 2.18. The predicted molar refractivity (Wildman–Crippen MR) is 261 cm³/mol. The van der Waals surface area contributed by atoms with E-state index in [0.717, 1.165) is 69.6 Å². The number of carbonyl (C=O) groups excluding carboxylic acids is 3. The van der Waals surface area contributed by atoms with Crippen molar-refractivity contribution in [3.05, 3.63) is 0 Å². The van der Waals surface area contributed by atoms with E-state index in [9.17, 15) is 14.4 Å². The van der Waals surface area contributed by atoms with Crippen molar-refractivity contribution in [2.24, 2.45) is 11.8 Å². The summed E-state index contributed by atoms with van der Waals surface area (Å²) >= 11 is 0. The van der Waals surface area contributed by atoms with Crippen molar-refractivity contribution in [1.29, 1.82) is 0 Å². The lowest BCUT2D eigenvalue weighted by Gasteiger charge is -2.18. The lowest BCUT2D eigenvalue weighted by molar-refractivity contribution is -0.167. The lowest BCUT2D eigenvalue weighted by atomic mass is 9.99. The van der Waals surface area contributed by atoms with Gasteiger partial charge in [0.1, 0.15) is 13.2 Å². The van der Waals surface area contributed by atoms with Gasteiger partial charge in [-0.2, -0.15) is 0 Å². The van der Waals surface area contributed by atoms with Gasteiger partial charge in [0.05, 0.1) is 0 Å². The average molecular weight is 863 g/mol. The molecule has 0 spiro atoms. The van der Waals surface area contributed by atoms with Crippen LogP contribution in [0.2, 0.25) is 0 Å². The van der Waals surface area contributed by atoms with Crippen LogP contribution in [0.5, 0.6) is 0 Å². The largest absolute Gasteiger partial charge is 0.462 e. The van der Waals surface area contributed by atoms with Crippen molar-refractivity contribution in [2.45, 2.75) is 310 Å². The summed E-state index contributed by atoms with van der Waals surface area (Å²) in [5, 5.41) is 0. The van der Waals surface area contributed by atoms with Gasteiger partial charge in [-0.1, -0.05) is 266 Å². The van der Waals surface area contributed by atoms with Crippen molar-refractivity contribution >= 4 is 17.9 Å². The second kappa shape index (κ2) is 47.9. The number of unbranched alkanes of at least 4 members (excludes halogenated alkanes) is 32. The summed E-state index contributed by atoms with van der Waals surface area (Å²) in [6.45, 7) is 11.4. The molecule has 6 nitrogen and oxygen atoms in total. The van der Waals surface area contributed by atoms with Gasteiger partial charge in [-0.15, -0.1) is 0 Å². The van der Waals surface area contributed by atoms with E-state index >= 15 is 0 Å². The van der Waals surface area contributed by atoms with Crippen molar-refractivity contribution in [1.82, 2.24) is 0 Å². The van der Waals surface area contributed by atoms with Gasteiger partial charge < -0.3 is 14.2 Å². The zero-order valence-corrected chi connectivity index (χ0v) is 41.8. The molecule has 0 aliphatic heterocycles. The first kappa shape index (κ1) is 59.4. The number of esters is 3. The molecule has 362 valence electrons. The van der Waals surface area contributed by atoms with Gasteiger partial charge >= 0.3 is 17.9 Å². The average Bonchev–Trinajstić information content (AvgIpc) is 3.26. The van der Waals surface area contributed by atoms with Gasteiger partial charge in [-0.3, -0.25) is 14.4 Å². The van der Waals surface area contributed by atoms with Crippen molar-refractivity contribution in [3.63, 3.8) is 0 Å². The number of ether oxygens (including phenoxy) is 3. The van der Waals surface area contributed by atoms with Crippen LogP contribution in [0.1, 0.15) is 304 Å². The van der Waals surface area contributed by atoms with Crippen molar-refractivity contribution in [3.8, 4) is 0 Å². The monoisotopic (exact) mass is 863 g/mol. The Balaban J connectivity index is 4.28. The van der Waals surface area contributed by atoms with E-state index < -0.39 is 6.10 Å². The molecule has 2 unspecified atom stereocenters. The van der Waals surface area contributed by atoms with E-state index in [1.165, 1.54) is 193 Å². The molecule has 0 radical (unpaired) electrons. The van der Waals surface area contributed by atoms with Crippen LogP contribution in [0.4, 0.5) is 0 Å². The SMILES string of the molecule is CCCCCCCCCCCCCC(=O)OC[C@H](COC(=O)CCCCCCCCCCCCCCCCC(C)CC)OC(=O)CCCCCCCCCCCCC(C)CC. The number of hydrogen-bond donors (Lipinski definition) is 0. The Bertz CT molecular complexity index is 935. The molecule has 3 atom stereocenters. The summed E-state index contributed by atoms with van der Waals surface area (Å²) in [7, 11) is 0. The topological polar surface area (TPSA) is 78.9 Å². The van der Waals surface area contributed by atoms with Crippen LogP contribution < -0.4 is 0 Å². The second-order valence-corrected chi connectivity index (χ2v) is 19.4. The number of hydrogen-bond acceptors (Lipinski definition) is 6. The second-order valence-electron chi connectivity index (χ2n) is 19.4. The molecule has 0 saturated heterocycles. The van der Waals surface area contributed by atoms with Crippen LogP contribution in [-0.4, -0.2) is 37.2 Å². The van der Waals surface area contributed by atoms with Gasteiger partial charge in [-0.05, 0) is 31.1 Å². The fourth-order valence-corrected chi connectivity index (χ4v) is 8.28. The van der Waals surface area contributed by atoms with Crippen LogP contribution in [0, 0.1) is 11.8 Å². The highest BCUT2D eigenvalue weighted by Gasteiger charge is 2.19. The molecular formula is C55H106O6. The number of rotatable bonds is 49. The highest BCUT2D eigenvalue weighted by molar-refractivity contribution is 5.71. The van der Waals surface area contributed by atoms with Gasteiger partial charge in [-0.25, -0.2) is 0 Å². The zero-order valence-electron chi connectivity index (χ0n) is 41.8. The summed E-state index contributed by atoms with van der Waals surface area (Å²) in [5.41, 5.74) is 0. The summed E-state index contributed by atoms with van der Waals surface area (Å²) in [4.78, 5) is 38.0. The highest BCUT2D eigenvalue weighted by atomic mass is 16.6.